The maximum atomic E-state index is 12.1. The highest BCUT2D eigenvalue weighted by molar-refractivity contribution is 6.30. The van der Waals surface area contributed by atoms with Crippen LogP contribution in [0.2, 0.25) is 5.02 Å². The second kappa shape index (κ2) is 6.89. The molecule has 0 aliphatic rings. The van der Waals surface area contributed by atoms with E-state index in [2.05, 4.69) is 30.5 Å². The van der Waals surface area contributed by atoms with Crippen LogP contribution in [0.25, 0.3) is 17.0 Å². The highest BCUT2D eigenvalue weighted by Crippen LogP contribution is 2.15. The number of fused-ring (bicyclic) bond motifs is 1. The van der Waals surface area contributed by atoms with Crippen molar-refractivity contribution in [3.05, 3.63) is 53.8 Å². The van der Waals surface area contributed by atoms with E-state index in [9.17, 15) is 4.79 Å². The summed E-state index contributed by atoms with van der Waals surface area (Å²) in [5.74, 6) is 0.758. The first kappa shape index (κ1) is 16.2. The van der Waals surface area contributed by atoms with E-state index in [0.717, 1.165) is 5.56 Å². The molecule has 130 valence electrons. The fraction of sp³-hybridized carbons (Fsp3) is 0.125. The molecule has 4 rings (SSSR count). The van der Waals surface area contributed by atoms with Crippen molar-refractivity contribution in [2.45, 2.75) is 12.8 Å². The number of hydrogen-bond acceptors (Lipinski definition) is 7. The summed E-state index contributed by atoms with van der Waals surface area (Å²) in [4.78, 5) is 24.5. The topological polar surface area (TPSA) is 111 Å². The Morgan fingerprint density at radius 3 is 3.04 bits per heavy atom. The fourth-order valence-corrected chi connectivity index (χ4v) is 2.44. The number of carbonyl (C=O) groups is 1. The average molecular weight is 370 g/mol. The molecule has 9 nitrogen and oxygen atoms in total. The second-order valence-electron chi connectivity index (χ2n) is 5.39. The molecule has 4 heterocycles. The Morgan fingerprint density at radius 2 is 2.19 bits per heavy atom. The van der Waals surface area contributed by atoms with E-state index in [0.29, 0.717) is 28.8 Å². The SMILES string of the molecule is O=C(CCc1nc(-c2cccnc2)no1)Nc1nc2ccc(Cl)cn2n1. The molecule has 0 radical (unpaired) electrons. The van der Waals surface area contributed by atoms with E-state index in [1.54, 1.807) is 36.8 Å². The number of nitrogens with zero attached hydrogens (tertiary/aromatic N) is 6. The van der Waals surface area contributed by atoms with Crippen molar-refractivity contribution in [3.63, 3.8) is 0 Å². The summed E-state index contributed by atoms with van der Waals surface area (Å²) >= 11 is 5.89. The number of hydrogen-bond donors (Lipinski definition) is 1. The largest absolute Gasteiger partial charge is 0.339 e. The van der Waals surface area contributed by atoms with Crippen LogP contribution in [0.5, 0.6) is 0 Å². The number of carbonyl (C=O) groups excluding carboxylic acids is 1. The van der Waals surface area contributed by atoms with Crippen LogP contribution < -0.4 is 5.32 Å². The Hall–Kier alpha value is -3.33. The number of halogens is 1. The van der Waals surface area contributed by atoms with Gasteiger partial charge in [0.1, 0.15) is 0 Å². The monoisotopic (exact) mass is 369 g/mol. The molecule has 0 aliphatic heterocycles. The van der Waals surface area contributed by atoms with Crippen molar-refractivity contribution in [1.29, 1.82) is 0 Å². The minimum Gasteiger partial charge on any atom is -0.339 e. The average Bonchev–Trinajstić information content (AvgIpc) is 3.27. The van der Waals surface area contributed by atoms with Crippen molar-refractivity contribution in [1.82, 2.24) is 29.7 Å². The van der Waals surface area contributed by atoms with Crippen LogP contribution in [0.3, 0.4) is 0 Å². The van der Waals surface area contributed by atoms with Gasteiger partial charge in [-0.2, -0.15) is 9.97 Å². The Morgan fingerprint density at radius 1 is 1.27 bits per heavy atom. The standard InChI is InChI=1S/C16H12ClN7O2/c17-11-3-4-12-19-16(22-24(12)9-11)20-13(25)5-6-14-21-15(23-26-14)10-2-1-7-18-8-10/h1-4,7-9H,5-6H2,(H,20,22,25). The number of aromatic nitrogens is 6. The third-order valence-corrected chi connectivity index (χ3v) is 3.72. The van der Waals surface area contributed by atoms with Gasteiger partial charge < -0.3 is 4.52 Å². The van der Waals surface area contributed by atoms with Crippen molar-refractivity contribution in [2.75, 3.05) is 5.32 Å². The van der Waals surface area contributed by atoms with E-state index in [1.165, 1.54) is 4.52 Å². The van der Waals surface area contributed by atoms with E-state index >= 15 is 0 Å². The van der Waals surface area contributed by atoms with Gasteiger partial charge in [0.05, 0.1) is 5.02 Å². The lowest BCUT2D eigenvalue weighted by molar-refractivity contribution is -0.116. The van der Waals surface area contributed by atoms with Gasteiger partial charge in [-0.3, -0.25) is 15.1 Å². The number of pyridine rings is 2. The van der Waals surface area contributed by atoms with Crippen LogP contribution in [-0.2, 0) is 11.2 Å². The smallest absolute Gasteiger partial charge is 0.249 e. The molecule has 1 N–H and O–H groups in total. The molecule has 0 fully saturated rings. The Balaban J connectivity index is 1.37. The number of nitrogens with one attached hydrogen (secondary N) is 1. The van der Waals surface area contributed by atoms with Crippen LogP contribution in [0, 0.1) is 0 Å². The van der Waals surface area contributed by atoms with E-state index in [-0.39, 0.29) is 18.3 Å². The molecule has 1 amide bonds. The lowest BCUT2D eigenvalue weighted by Crippen LogP contribution is -2.13. The molecule has 0 bridgehead atoms. The molecule has 4 aromatic rings. The first-order valence-electron chi connectivity index (χ1n) is 7.72. The van der Waals surface area contributed by atoms with Gasteiger partial charge in [0.25, 0.3) is 0 Å². The van der Waals surface area contributed by atoms with E-state index in [1.807, 2.05) is 6.07 Å². The maximum absolute atomic E-state index is 12.1. The third-order valence-electron chi connectivity index (χ3n) is 3.50. The van der Waals surface area contributed by atoms with Gasteiger partial charge in [-0.05, 0) is 24.3 Å². The van der Waals surface area contributed by atoms with Crippen LogP contribution in [0.15, 0.2) is 47.4 Å². The molecule has 4 aromatic heterocycles. The van der Waals surface area contributed by atoms with Gasteiger partial charge in [0.15, 0.2) is 5.65 Å². The summed E-state index contributed by atoms with van der Waals surface area (Å²) in [6.07, 6.45) is 5.38. The van der Waals surface area contributed by atoms with Crippen molar-refractivity contribution in [3.8, 4) is 11.4 Å². The molecule has 0 aliphatic carbocycles. The fourth-order valence-electron chi connectivity index (χ4n) is 2.29. The molecule has 26 heavy (non-hydrogen) atoms. The summed E-state index contributed by atoms with van der Waals surface area (Å²) in [5.41, 5.74) is 1.34. The van der Waals surface area contributed by atoms with Crippen LogP contribution in [0.4, 0.5) is 5.95 Å². The van der Waals surface area contributed by atoms with Crippen LogP contribution in [-0.4, -0.2) is 35.6 Å². The number of anilines is 1. The van der Waals surface area contributed by atoms with Gasteiger partial charge >= 0.3 is 0 Å². The number of amides is 1. The third kappa shape index (κ3) is 3.52. The zero-order valence-corrected chi connectivity index (χ0v) is 14.1. The molecular formula is C16H12ClN7O2. The van der Waals surface area contributed by atoms with Crippen LogP contribution >= 0.6 is 11.6 Å². The van der Waals surface area contributed by atoms with Crippen molar-refractivity contribution in [2.24, 2.45) is 0 Å². The first-order valence-corrected chi connectivity index (χ1v) is 8.10. The molecule has 0 unspecified atom stereocenters. The summed E-state index contributed by atoms with van der Waals surface area (Å²) in [6.45, 7) is 0. The highest BCUT2D eigenvalue weighted by Gasteiger charge is 2.12. The van der Waals surface area contributed by atoms with Crippen LogP contribution in [0.1, 0.15) is 12.3 Å². The first-order chi connectivity index (χ1) is 12.7. The molecule has 0 saturated carbocycles. The van der Waals surface area contributed by atoms with Crippen molar-refractivity contribution >= 4 is 29.1 Å². The molecule has 0 atom stereocenters. The number of rotatable bonds is 5. The summed E-state index contributed by atoms with van der Waals surface area (Å²) in [6, 6.07) is 7.03. The highest BCUT2D eigenvalue weighted by atomic mass is 35.5. The summed E-state index contributed by atoms with van der Waals surface area (Å²) < 4.78 is 6.66. The van der Waals surface area contributed by atoms with Gasteiger partial charge in [-0.1, -0.05) is 16.8 Å². The maximum Gasteiger partial charge on any atom is 0.249 e. The van der Waals surface area contributed by atoms with Gasteiger partial charge in [-0.15, -0.1) is 5.10 Å². The van der Waals surface area contributed by atoms with Gasteiger partial charge in [-0.25, -0.2) is 4.52 Å². The van der Waals surface area contributed by atoms with Gasteiger partial charge in [0.2, 0.25) is 23.6 Å². The molecule has 0 saturated heterocycles. The Kier molecular flexibility index (Phi) is 4.28. The van der Waals surface area contributed by atoms with E-state index in [4.69, 9.17) is 16.1 Å². The Bertz CT molecular complexity index is 1060. The zero-order chi connectivity index (χ0) is 17.9. The predicted molar refractivity (Wildman–Crippen MR) is 92.5 cm³/mol. The second-order valence-corrected chi connectivity index (χ2v) is 5.82. The lowest BCUT2D eigenvalue weighted by Gasteiger charge is -1.97. The quantitative estimate of drug-likeness (QED) is 0.574. The van der Waals surface area contributed by atoms with Gasteiger partial charge in [0, 0.05) is 37.0 Å². The minimum atomic E-state index is -0.256. The molecule has 0 spiro atoms. The minimum absolute atomic E-state index is 0.158. The zero-order valence-electron chi connectivity index (χ0n) is 13.3. The summed E-state index contributed by atoms with van der Waals surface area (Å²) in [7, 11) is 0. The normalized spacial score (nSPS) is 11.0. The predicted octanol–water partition coefficient (Wildman–Crippen LogP) is 2.40. The molecule has 10 heteroatoms. The Labute approximate surface area is 152 Å². The molecule has 0 aromatic carbocycles. The molecular weight excluding hydrogens is 358 g/mol. The van der Waals surface area contributed by atoms with E-state index < -0.39 is 0 Å². The number of aryl methyl sites for hydroxylation is 1. The van der Waals surface area contributed by atoms with Crippen molar-refractivity contribution < 1.29 is 9.32 Å². The lowest BCUT2D eigenvalue weighted by atomic mass is 10.2. The summed E-state index contributed by atoms with van der Waals surface area (Å²) in [5, 5.41) is 11.2.